The van der Waals surface area contributed by atoms with Crippen LogP contribution in [-0.4, -0.2) is 23.7 Å². The van der Waals surface area contributed by atoms with E-state index in [0.29, 0.717) is 12.0 Å². The Kier molecular flexibility index (Phi) is 5.07. The van der Waals surface area contributed by atoms with Crippen LogP contribution in [0.15, 0.2) is 33.3 Å². The van der Waals surface area contributed by atoms with Gasteiger partial charge in [-0.2, -0.15) is 0 Å². The molecule has 0 bridgehead atoms. The highest BCUT2D eigenvalue weighted by atomic mass is 79.9. The first-order valence-electron chi connectivity index (χ1n) is 8.11. The van der Waals surface area contributed by atoms with Gasteiger partial charge >= 0.3 is 0 Å². The van der Waals surface area contributed by atoms with Crippen molar-refractivity contribution >= 4 is 15.9 Å². The fourth-order valence-electron chi connectivity index (χ4n) is 3.11. The van der Waals surface area contributed by atoms with Crippen molar-refractivity contribution in [1.82, 2.24) is 10.1 Å². The zero-order chi connectivity index (χ0) is 16.4. The number of benzene rings is 1. The minimum Gasteiger partial charge on any atom is -0.496 e. The van der Waals surface area contributed by atoms with E-state index in [4.69, 9.17) is 9.26 Å². The second-order valence-electron chi connectivity index (χ2n) is 6.41. The molecule has 0 radical (unpaired) electrons. The minimum absolute atomic E-state index is 0.330. The Bertz CT molecular complexity index is 669. The van der Waals surface area contributed by atoms with Gasteiger partial charge in [0.05, 0.1) is 23.3 Å². The number of hydrogen-bond donors (Lipinski definition) is 0. The van der Waals surface area contributed by atoms with Gasteiger partial charge in [0.1, 0.15) is 5.75 Å². The number of likely N-dealkylation sites (tertiary alicyclic amines) is 1. The number of aromatic nitrogens is 1. The van der Waals surface area contributed by atoms with Gasteiger partial charge in [-0.3, -0.25) is 4.90 Å². The SMILES string of the molecule is COc1ccc(CN2CCC[C@H]2c2cc(C(C)C)no2)cc1Br. The van der Waals surface area contributed by atoms with E-state index >= 15 is 0 Å². The molecule has 0 aliphatic carbocycles. The van der Waals surface area contributed by atoms with Crippen LogP contribution in [0.2, 0.25) is 0 Å². The van der Waals surface area contributed by atoms with Crippen molar-refractivity contribution < 1.29 is 9.26 Å². The standard InChI is InChI=1S/C18H23BrN2O2/c1-12(2)15-10-18(23-20-15)16-5-4-8-21(16)11-13-6-7-17(22-3)14(19)9-13/h6-7,9-10,12,16H,4-5,8,11H2,1-3H3/t16-/m0/s1. The molecule has 0 saturated carbocycles. The Morgan fingerprint density at radius 2 is 2.22 bits per heavy atom. The molecule has 1 aliphatic heterocycles. The summed E-state index contributed by atoms with van der Waals surface area (Å²) in [4.78, 5) is 2.47. The third-order valence-electron chi connectivity index (χ3n) is 4.43. The van der Waals surface area contributed by atoms with E-state index in [1.54, 1.807) is 7.11 Å². The predicted molar refractivity (Wildman–Crippen MR) is 93.7 cm³/mol. The number of rotatable bonds is 5. The van der Waals surface area contributed by atoms with Crippen LogP contribution in [0.25, 0.3) is 0 Å². The number of methoxy groups -OCH3 is 1. The Balaban J connectivity index is 1.75. The van der Waals surface area contributed by atoms with E-state index in [-0.39, 0.29) is 0 Å². The second-order valence-corrected chi connectivity index (χ2v) is 7.26. The highest BCUT2D eigenvalue weighted by molar-refractivity contribution is 9.10. The van der Waals surface area contributed by atoms with Crippen molar-refractivity contribution in [3.8, 4) is 5.75 Å². The maximum atomic E-state index is 5.62. The lowest BCUT2D eigenvalue weighted by Gasteiger charge is -2.22. The molecule has 0 N–H and O–H groups in total. The summed E-state index contributed by atoms with van der Waals surface area (Å²) in [5, 5.41) is 4.21. The summed E-state index contributed by atoms with van der Waals surface area (Å²) in [5.41, 5.74) is 2.31. The maximum absolute atomic E-state index is 5.62. The smallest absolute Gasteiger partial charge is 0.154 e. The van der Waals surface area contributed by atoms with Crippen LogP contribution in [0.5, 0.6) is 5.75 Å². The van der Waals surface area contributed by atoms with E-state index in [9.17, 15) is 0 Å². The Hall–Kier alpha value is -1.33. The number of hydrogen-bond acceptors (Lipinski definition) is 4. The van der Waals surface area contributed by atoms with Gasteiger partial charge in [-0.25, -0.2) is 0 Å². The summed E-state index contributed by atoms with van der Waals surface area (Å²) in [6.07, 6.45) is 2.32. The molecular weight excluding hydrogens is 356 g/mol. The summed E-state index contributed by atoms with van der Waals surface area (Å²) >= 11 is 3.56. The van der Waals surface area contributed by atoms with Crippen LogP contribution in [-0.2, 0) is 6.54 Å². The quantitative estimate of drug-likeness (QED) is 0.740. The molecule has 1 aromatic carbocycles. The molecule has 1 atom stereocenters. The normalized spacial score (nSPS) is 18.7. The number of halogens is 1. The van der Waals surface area contributed by atoms with Crippen LogP contribution in [0.4, 0.5) is 0 Å². The third-order valence-corrected chi connectivity index (χ3v) is 5.05. The first kappa shape index (κ1) is 16.5. The molecule has 3 rings (SSSR count). The molecule has 1 saturated heterocycles. The van der Waals surface area contributed by atoms with E-state index < -0.39 is 0 Å². The molecule has 5 heteroatoms. The average Bonchev–Trinajstić information content (AvgIpc) is 3.16. The first-order chi connectivity index (χ1) is 11.1. The highest BCUT2D eigenvalue weighted by Gasteiger charge is 2.29. The van der Waals surface area contributed by atoms with E-state index in [2.05, 4.69) is 58.0 Å². The average molecular weight is 379 g/mol. The molecule has 4 nitrogen and oxygen atoms in total. The van der Waals surface area contributed by atoms with Crippen LogP contribution >= 0.6 is 15.9 Å². The molecular formula is C18H23BrN2O2. The molecule has 1 fully saturated rings. The lowest BCUT2D eigenvalue weighted by atomic mass is 10.1. The molecule has 1 aliphatic rings. The fourth-order valence-corrected chi connectivity index (χ4v) is 3.70. The van der Waals surface area contributed by atoms with Gasteiger partial charge in [-0.15, -0.1) is 0 Å². The molecule has 0 amide bonds. The van der Waals surface area contributed by atoms with E-state index in [0.717, 1.165) is 41.2 Å². The maximum Gasteiger partial charge on any atom is 0.154 e. The Morgan fingerprint density at radius 3 is 2.87 bits per heavy atom. The zero-order valence-electron chi connectivity index (χ0n) is 13.9. The summed E-state index contributed by atoms with van der Waals surface area (Å²) in [6.45, 7) is 6.28. The number of ether oxygens (including phenoxy) is 1. The number of nitrogens with zero attached hydrogens (tertiary/aromatic N) is 2. The molecule has 23 heavy (non-hydrogen) atoms. The van der Waals surface area contributed by atoms with Crippen LogP contribution in [0.3, 0.4) is 0 Å². The lowest BCUT2D eigenvalue weighted by Crippen LogP contribution is -2.22. The molecule has 124 valence electrons. The van der Waals surface area contributed by atoms with Gasteiger partial charge < -0.3 is 9.26 Å². The second kappa shape index (κ2) is 7.05. The van der Waals surface area contributed by atoms with Gasteiger partial charge in [0.15, 0.2) is 5.76 Å². The third kappa shape index (κ3) is 3.61. The van der Waals surface area contributed by atoms with Gasteiger partial charge in [-0.1, -0.05) is 25.1 Å². The molecule has 0 spiro atoms. The summed E-state index contributed by atoms with van der Waals surface area (Å²) < 4.78 is 11.9. The van der Waals surface area contributed by atoms with Gasteiger partial charge in [0, 0.05) is 12.6 Å². The van der Waals surface area contributed by atoms with Crippen molar-refractivity contribution in [1.29, 1.82) is 0 Å². The topological polar surface area (TPSA) is 38.5 Å². The van der Waals surface area contributed by atoms with Crippen LogP contribution in [0.1, 0.15) is 55.7 Å². The largest absolute Gasteiger partial charge is 0.496 e. The van der Waals surface area contributed by atoms with Crippen molar-refractivity contribution in [3.05, 3.63) is 45.8 Å². The van der Waals surface area contributed by atoms with E-state index in [1.165, 1.54) is 12.0 Å². The zero-order valence-corrected chi connectivity index (χ0v) is 15.5. The van der Waals surface area contributed by atoms with Crippen molar-refractivity contribution in [2.24, 2.45) is 0 Å². The Labute approximate surface area is 145 Å². The summed E-state index contributed by atoms with van der Waals surface area (Å²) in [7, 11) is 1.69. The van der Waals surface area contributed by atoms with Gasteiger partial charge in [0.2, 0.25) is 0 Å². The van der Waals surface area contributed by atoms with Crippen molar-refractivity contribution in [2.45, 2.75) is 45.2 Å². The molecule has 2 aromatic rings. The lowest BCUT2D eigenvalue weighted by molar-refractivity contribution is 0.206. The van der Waals surface area contributed by atoms with E-state index in [1.807, 2.05) is 6.07 Å². The minimum atomic E-state index is 0.330. The predicted octanol–water partition coefficient (Wildman–Crippen LogP) is 4.91. The monoisotopic (exact) mass is 378 g/mol. The fraction of sp³-hybridized carbons (Fsp3) is 0.500. The molecule has 0 unspecified atom stereocenters. The summed E-state index contributed by atoms with van der Waals surface area (Å²) in [5.74, 6) is 2.27. The van der Waals surface area contributed by atoms with Crippen molar-refractivity contribution in [2.75, 3.05) is 13.7 Å². The Morgan fingerprint density at radius 1 is 1.39 bits per heavy atom. The summed E-state index contributed by atoms with van der Waals surface area (Å²) in [6, 6.07) is 8.72. The first-order valence-corrected chi connectivity index (χ1v) is 8.90. The van der Waals surface area contributed by atoms with Crippen LogP contribution in [0, 0.1) is 0 Å². The molecule has 2 heterocycles. The molecule has 1 aromatic heterocycles. The van der Waals surface area contributed by atoms with Gasteiger partial charge in [-0.05, 0) is 58.9 Å². The van der Waals surface area contributed by atoms with Gasteiger partial charge in [0.25, 0.3) is 0 Å². The van der Waals surface area contributed by atoms with Crippen molar-refractivity contribution in [3.63, 3.8) is 0 Å². The highest BCUT2D eigenvalue weighted by Crippen LogP contribution is 2.35. The van der Waals surface area contributed by atoms with Crippen LogP contribution < -0.4 is 4.74 Å².